The van der Waals surface area contributed by atoms with Crippen LogP contribution >= 0.6 is 0 Å². The summed E-state index contributed by atoms with van der Waals surface area (Å²) in [6.45, 7) is 6.49. The van der Waals surface area contributed by atoms with E-state index in [9.17, 15) is 13.2 Å². The van der Waals surface area contributed by atoms with Crippen LogP contribution in [-0.4, -0.2) is 36.4 Å². The van der Waals surface area contributed by atoms with Crippen LogP contribution in [0.2, 0.25) is 0 Å². The molecule has 0 spiro atoms. The number of nitrogens with one attached hydrogen (secondary N) is 1. The minimum absolute atomic E-state index is 0.118. The van der Waals surface area contributed by atoms with Crippen molar-refractivity contribution in [3.8, 4) is 5.75 Å². The summed E-state index contributed by atoms with van der Waals surface area (Å²) in [5.74, 6) is 0.871. The van der Waals surface area contributed by atoms with Gasteiger partial charge in [0.15, 0.2) is 15.6 Å². The van der Waals surface area contributed by atoms with Gasteiger partial charge in [0.25, 0.3) is 5.91 Å². The van der Waals surface area contributed by atoms with E-state index in [1.807, 2.05) is 31.5 Å². The number of furan rings is 1. The monoisotopic (exact) mass is 431 g/mol. The highest BCUT2D eigenvalue weighted by Crippen LogP contribution is 2.18. The van der Waals surface area contributed by atoms with Gasteiger partial charge in [0, 0.05) is 18.0 Å². The van der Waals surface area contributed by atoms with Crippen LogP contribution in [0.15, 0.2) is 51.8 Å². The number of carbonyl (C=O) groups excluding carboxylic acids is 1. The van der Waals surface area contributed by atoms with E-state index >= 15 is 0 Å². The average molecular weight is 432 g/mol. The van der Waals surface area contributed by atoms with Crippen molar-refractivity contribution in [1.82, 2.24) is 15.1 Å². The Hall–Kier alpha value is -3.07. The first-order valence-electron chi connectivity index (χ1n) is 9.45. The van der Waals surface area contributed by atoms with Gasteiger partial charge in [-0.1, -0.05) is 0 Å². The van der Waals surface area contributed by atoms with Crippen LogP contribution in [-0.2, 0) is 23.0 Å². The van der Waals surface area contributed by atoms with Gasteiger partial charge in [-0.3, -0.25) is 9.48 Å². The molecule has 3 rings (SSSR count). The number of hydrogen-bond donors (Lipinski definition) is 1. The van der Waals surface area contributed by atoms with E-state index in [4.69, 9.17) is 9.15 Å². The van der Waals surface area contributed by atoms with Crippen LogP contribution in [0, 0.1) is 13.8 Å². The topological polar surface area (TPSA) is 103 Å². The fraction of sp³-hybridized carbons (Fsp3) is 0.333. The number of aryl methyl sites for hydroxylation is 2. The van der Waals surface area contributed by atoms with Crippen LogP contribution < -0.4 is 10.1 Å². The predicted molar refractivity (Wildman–Crippen MR) is 111 cm³/mol. The molecule has 0 aliphatic rings. The first kappa shape index (κ1) is 21.6. The van der Waals surface area contributed by atoms with Crippen molar-refractivity contribution < 1.29 is 22.4 Å². The highest BCUT2D eigenvalue weighted by atomic mass is 32.2. The molecule has 8 nitrogen and oxygen atoms in total. The fourth-order valence-corrected chi connectivity index (χ4v) is 3.61. The Labute approximate surface area is 175 Å². The van der Waals surface area contributed by atoms with E-state index in [1.165, 1.54) is 12.1 Å². The van der Waals surface area contributed by atoms with Crippen LogP contribution in [0.25, 0.3) is 0 Å². The number of sulfone groups is 1. The number of carbonyl (C=O) groups is 1. The van der Waals surface area contributed by atoms with Crippen LogP contribution in [0.5, 0.6) is 5.75 Å². The number of aromatic nitrogens is 2. The molecule has 1 aromatic carbocycles. The molecule has 0 saturated heterocycles. The highest BCUT2D eigenvalue weighted by Gasteiger charge is 2.16. The number of hydrogen-bond acceptors (Lipinski definition) is 6. The second-order valence-corrected chi connectivity index (χ2v) is 9.30. The standard InChI is InChI=1S/C21H25N3O5S/c1-14-11-16(3)24(23-14)12-15(2)22-21(25)20-10-7-18(29-20)13-28-17-5-8-19(9-6-17)30(4,26)27/h5-11,15H,12-13H2,1-4H3,(H,22,25). The second-order valence-electron chi connectivity index (χ2n) is 7.28. The molecule has 1 amide bonds. The molecule has 0 fully saturated rings. The van der Waals surface area contributed by atoms with Gasteiger partial charge in [-0.05, 0) is 63.2 Å². The van der Waals surface area contributed by atoms with Gasteiger partial charge in [-0.15, -0.1) is 0 Å². The number of benzene rings is 1. The Morgan fingerprint density at radius 2 is 1.90 bits per heavy atom. The van der Waals surface area contributed by atoms with Gasteiger partial charge in [0.05, 0.1) is 17.1 Å². The third-order valence-electron chi connectivity index (χ3n) is 4.45. The van der Waals surface area contributed by atoms with E-state index in [0.717, 1.165) is 17.6 Å². The summed E-state index contributed by atoms with van der Waals surface area (Å²) >= 11 is 0. The summed E-state index contributed by atoms with van der Waals surface area (Å²) in [4.78, 5) is 12.6. The minimum atomic E-state index is -3.25. The fourth-order valence-electron chi connectivity index (χ4n) is 2.97. The zero-order valence-electron chi connectivity index (χ0n) is 17.4. The van der Waals surface area contributed by atoms with Gasteiger partial charge in [-0.25, -0.2) is 8.42 Å². The third kappa shape index (κ3) is 5.50. The first-order chi connectivity index (χ1) is 14.1. The third-order valence-corrected chi connectivity index (χ3v) is 5.57. The van der Waals surface area contributed by atoms with Crippen molar-refractivity contribution in [2.45, 2.75) is 44.9 Å². The molecule has 0 radical (unpaired) electrons. The minimum Gasteiger partial charge on any atom is -0.486 e. The second kappa shape index (κ2) is 8.74. The van der Waals surface area contributed by atoms with E-state index in [0.29, 0.717) is 18.1 Å². The molecule has 0 saturated carbocycles. The average Bonchev–Trinajstić information content (AvgIpc) is 3.26. The molecule has 160 valence electrons. The van der Waals surface area contributed by atoms with Crippen molar-refractivity contribution in [3.63, 3.8) is 0 Å². The summed E-state index contributed by atoms with van der Waals surface area (Å²) in [6, 6.07) is 11.2. The lowest BCUT2D eigenvalue weighted by Crippen LogP contribution is -2.36. The zero-order chi connectivity index (χ0) is 21.9. The number of rotatable bonds is 8. The van der Waals surface area contributed by atoms with E-state index < -0.39 is 9.84 Å². The van der Waals surface area contributed by atoms with Crippen molar-refractivity contribution >= 4 is 15.7 Å². The van der Waals surface area contributed by atoms with Crippen molar-refractivity contribution in [2.24, 2.45) is 0 Å². The lowest BCUT2D eigenvalue weighted by molar-refractivity contribution is 0.0903. The Bertz CT molecular complexity index is 1130. The Kier molecular flexibility index (Phi) is 6.31. The van der Waals surface area contributed by atoms with Gasteiger partial charge in [0.1, 0.15) is 18.1 Å². The molecular weight excluding hydrogens is 406 g/mol. The maximum atomic E-state index is 12.4. The normalized spacial score (nSPS) is 12.5. The lowest BCUT2D eigenvalue weighted by Gasteiger charge is -2.14. The number of ether oxygens (including phenoxy) is 1. The molecule has 2 heterocycles. The van der Waals surface area contributed by atoms with Crippen LogP contribution in [0.4, 0.5) is 0 Å². The molecule has 30 heavy (non-hydrogen) atoms. The van der Waals surface area contributed by atoms with Crippen molar-refractivity contribution in [3.05, 3.63) is 65.4 Å². The largest absolute Gasteiger partial charge is 0.486 e. The van der Waals surface area contributed by atoms with Crippen LogP contribution in [0.1, 0.15) is 34.6 Å². The molecule has 9 heteroatoms. The predicted octanol–water partition coefficient (Wildman–Crippen LogP) is 2.89. The maximum absolute atomic E-state index is 12.4. The molecule has 3 aromatic rings. The maximum Gasteiger partial charge on any atom is 0.287 e. The number of amides is 1. The van der Waals surface area contributed by atoms with E-state index in [-0.39, 0.29) is 29.2 Å². The van der Waals surface area contributed by atoms with Crippen molar-refractivity contribution in [2.75, 3.05) is 6.26 Å². The molecule has 1 unspecified atom stereocenters. The Morgan fingerprint density at radius 3 is 2.50 bits per heavy atom. The first-order valence-corrected chi connectivity index (χ1v) is 11.3. The molecule has 2 aromatic heterocycles. The quantitative estimate of drug-likeness (QED) is 0.588. The summed E-state index contributed by atoms with van der Waals surface area (Å²) in [6.07, 6.45) is 1.15. The molecule has 1 atom stereocenters. The Morgan fingerprint density at radius 1 is 1.20 bits per heavy atom. The molecular formula is C21H25N3O5S. The van der Waals surface area contributed by atoms with Crippen LogP contribution in [0.3, 0.4) is 0 Å². The SMILES string of the molecule is Cc1cc(C)n(CC(C)NC(=O)c2ccc(COc3ccc(S(C)(=O)=O)cc3)o2)n1. The van der Waals surface area contributed by atoms with Gasteiger partial charge in [-0.2, -0.15) is 5.10 Å². The smallest absolute Gasteiger partial charge is 0.287 e. The van der Waals surface area contributed by atoms with Gasteiger partial charge in [0.2, 0.25) is 0 Å². The Balaban J connectivity index is 1.53. The molecule has 0 aliphatic carbocycles. The molecule has 0 bridgehead atoms. The lowest BCUT2D eigenvalue weighted by atomic mass is 10.3. The number of nitrogens with zero attached hydrogens (tertiary/aromatic N) is 2. The van der Waals surface area contributed by atoms with Crippen molar-refractivity contribution in [1.29, 1.82) is 0 Å². The summed E-state index contributed by atoms with van der Waals surface area (Å²) in [5.41, 5.74) is 1.98. The van der Waals surface area contributed by atoms with E-state index in [2.05, 4.69) is 10.4 Å². The van der Waals surface area contributed by atoms with E-state index in [1.54, 1.807) is 24.3 Å². The summed E-state index contributed by atoms with van der Waals surface area (Å²) in [5, 5.41) is 7.30. The molecule has 0 aliphatic heterocycles. The summed E-state index contributed by atoms with van der Waals surface area (Å²) in [7, 11) is -3.25. The summed E-state index contributed by atoms with van der Waals surface area (Å²) < 4.78 is 36.0. The molecule has 1 N–H and O–H groups in total. The highest BCUT2D eigenvalue weighted by molar-refractivity contribution is 7.90. The van der Waals surface area contributed by atoms with Gasteiger partial charge >= 0.3 is 0 Å². The van der Waals surface area contributed by atoms with Gasteiger partial charge < -0.3 is 14.5 Å². The zero-order valence-corrected chi connectivity index (χ0v) is 18.2.